The molecule has 0 aliphatic carbocycles. The summed E-state index contributed by atoms with van der Waals surface area (Å²) in [5.74, 6) is 0. The van der Waals surface area contributed by atoms with Crippen molar-refractivity contribution in [2.45, 2.75) is 0 Å². The van der Waals surface area contributed by atoms with Gasteiger partial charge in [-0.25, -0.2) is 0 Å². The van der Waals surface area contributed by atoms with Gasteiger partial charge < -0.3 is 0 Å². The third kappa shape index (κ3) is 2.49. The maximum absolute atomic E-state index is 3.84. The first-order valence-corrected chi connectivity index (χ1v) is 4.18. The van der Waals surface area contributed by atoms with E-state index in [2.05, 4.69) is 13.6 Å². The van der Waals surface area contributed by atoms with Gasteiger partial charge >= 0.3 is 0 Å². The Labute approximate surface area is 60.3 Å². The molecule has 0 saturated carbocycles. The molecule has 0 fully saturated rings. The van der Waals surface area contributed by atoms with E-state index in [4.69, 9.17) is 0 Å². The molecule has 2 nitrogen and oxygen atoms in total. The number of hydrogen-bond acceptors (Lipinski definition) is 3. The third-order valence-corrected chi connectivity index (χ3v) is 2.10. The average Bonchev–Trinajstić information content (AvgIpc) is 1.62. The predicted molar refractivity (Wildman–Crippen MR) is 41.0 cm³/mol. The third-order valence-electron chi connectivity index (χ3n) is 0.394. The van der Waals surface area contributed by atoms with Crippen molar-refractivity contribution in [1.82, 2.24) is 0 Å². The largest absolute Gasteiger partial charge is 0.267 e. The van der Waals surface area contributed by atoms with Crippen LogP contribution in [0.25, 0.3) is 4.13 Å². The van der Waals surface area contributed by atoms with Gasteiger partial charge in [0.2, 0.25) is 0 Å². The minimum atomic E-state index is 1.20. The quantitative estimate of drug-likeness (QED) is 0.311. The molecule has 0 radical (unpaired) electrons. The van der Waals surface area contributed by atoms with Crippen molar-refractivity contribution in [3.05, 3.63) is 20.7 Å². The molecule has 0 N–H and O–H groups in total. The molecule has 0 aromatic heterocycles. The highest BCUT2D eigenvalue weighted by Crippen LogP contribution is 2.15. The summed E-state index contributed by atoms with van der Waals surface area (Å²) in [6, 6.07) is 0. The zero-order valence-electron chi connectivity index (χ0n) is 3.77. The number of nitrogens with zero attached hydrogens (tertiary/aromatic N) is 2. The van der Waals surface area contributed by atoms with Crippen LogP contribution in [0.2, 0.25) is 0 Å². The van der Waals surface area contributed by atoms with E-state index in [0.29, 0.717) is 0 Å². The van der Waals surface area contributed by atoms with Gasteiger partial charge in [0, 0.05) is 9.18 Å². The Kier molecular flexibility index (Phi) is 3.25. The van der Waals surface area contributed by atoms with Crippen molar-refractivity contribution in [3.8, 4) is 0 Å². The van der Waals surface area contributed by atoms with Crippen LogP contribution in [0.3, 0.4) is 0 Å². The van der Waals surface area contributed by atoms with Crippen LogP contribution in [0.5, 0.6) is 0 Å². The maximum atomic E-state index is 3.84. The van der Waals surface area contributed by atoms with Crippen molar-refractivity contribution in [3.63, 3.8) is 0 Å². The summed E-state index contributed by atoms with van der Waals surface area (Å²) < 4.78 is 7.68. The fourth-order valence-electron chi connectivity index (χ4n) is 0.184. The van der Waals surface area contributed by atoms with E-state index < -0.39 is 0 Å². The second-order valence-electron chi connectivity index (χ2n) is 0.844. The zero-order chi connectivity index (χ0) is 5.66. The lowest BCUT2D eigenvalue weighted by Gasteiger charge is -1.88. The summed E-state index contributed by atoms with van der Waals surface area (Å²) >= 11 is 3.89. The lowest BCUT2D eigenvalue weighted by Crippen LogP contribution is -1.53. The molecule has 0 aromatic rings. The summed E-state index contributed by atoms with van der Waals surface area (Å²) in [5, 5.41) is 3.57. The molecule has 0 spiro atoms. The molecule has 0 atom stereocenters. The highest BCUT2D eigenvalue weighted by molar-refractivity contribution is 8.14. The van der Waals surface area contributed by atoms with Gasteiger partial charge in [-0.05, 0) is 5.41 Å². The van der Waals surface area contributed by atoms with Gasteiger partial charge in [-0.15, -0.1) is 5.73 Å². The topological polar surface area (TPSA) is 26.5 Å². The fourth-order valence-corrected chi connectivity index (χ4v) is 1.53. The van der Waals surface area contributed by atoms with E-state index >= 15 is 0 Å². The van der Waals surface area contributed by atoms with E-state index in [1.165, 1.54) is 35.6 Å². The minimum absolute atomic E-state index is 1.20. The van der Waals surface area contributed by atoms with E-state index in [9.17, 15) is 0 Å². The first kappa shape index (κ1) is 6.32. The maximum Gasteiger partial charge on any atom is 0.259 e. The van der Waals surface area contributed by atoms with E-state index in [0.717, 1.165) is 0 Å². The smallest absolute Gasteiger partial charge is 0.259 e. The lowest BCUT2D eigenvalue weighted by atomic mass is 11.0. The van der Waals surface area contributed by atoms with Crippen molar-refractivity contribution >= 4 is 35.6 Å². The zero-order valence-corrected chi connectivity index (χ0v) is 6.22. The molecular formula is C3H2N2S3. The van der Waals surface area contributed by atoms with Crippen LogP contribution in [0.15, 0.2) is 20.3 Å². The van der Waals surface area contributed by atoms with Crippen LogP contribution in [-0.4, -0.2) is 0 Å². The first-order chi connectivity index (χ1) is 4.00. The summed E-state index contributed by atoms with van der Waals surface area (Å²) in [6.45, 7) is 0. The van der Waals surface area contributed by atoms with Crippen LogP contribution in [0, 0.1) is 0 Å². The molecule has 1 heterocycles. The van der Waals surface area contributed by atoms with Crippen molar-refractivity contribution in [2.24, 2.45) is 3.77 Å². The van der Waals surface area contributed by atoms with Crippen LogP contribution in [0.1, 0.15) is 0 Å². The van der Waals surface area contributed by atoms with Gasteiger partial charge in [0.1, 0.15) is 0 Å². The van der Waals surface area contributed by atoms with Gasteiger partial charge in [0.15, 0.2) is 0 Å². The lowest BCUT2D eigenvalue weighted by molar-refractivity contribution is 2.08. The van der Waals surface area contributed by atoms with Crippen molar-refractivity contribution in [1.29, 1.82) is 0 Å². The fraction of sp³-hybridized carbons (Fsp3) is 0. The second kappa shape index (κ2) is 4.12. The van der Waals surface area contributed by atoms with Crippen LogP contribution >= 0.6 is 23.9 Å². The second-order valence-corrected chi connectivity index (χ2v) is 3.09. The summed E-state index contributed by atoms with van der Waals surface area (Å²) in [4.78, 5) is 0. The van der Waals surface area contributed by atoms with Gasteiger partial charge in [-0.3, -0.25) is 4.13 Å². The van der Waals surface area contributed by atoms with Gasteiger partial charge in [0.25, 0.3) is 11.7 Å². The Bertz CT molecular complexity index is 147. The predicted octanol–water partition coefficient (Wildman–Crippen LogP) is 2.48. The first-order valence-electron chi connectivity index (χ1n) is 1.78. The Balaban J connectivity index is 2.51. The SMILES string of the molecule is C1=CSN=[S+][N-]SC=1. The number of rotatable bonds is 0. The minimum Gasteiger partial charge on any atom is -0.267 e. The molecule has 5 heteroatoms. The van der Waals surface area contributed by atoms with Crippen molar-refractivity contribution in [2.75, 3.05) is 0 Å². The van der Waals surface area contributed by atoms with Gasteiger partial charge in [-0.2, -0.15) is 11.9 Å². The Morgan fingerprint density at radius 1 is 1.62 bits per heavy atom. The molecule has 0 saturated heterocycles. The Morgan fingerprint density at radius 2 is 2.62 bits per heavy atom. The molecule has 0 amide bonds. The van der Waals surface area contributed by atoms with Gasteiger partial charge in [-0.1, -0.05) is 0 Å². The molecule has 0 aromatic carbocycles. The molecule has 1 rings (SSSR count). The molecule has 1 aliphatic rings. The highest BCUT2D eigenvalue weighted by atomic mass is 32.2. The van der Waals surface area contributed by atoms with E-state index in [1.54, 1.807) is 10.8 Å². The molecule has 42 valence electrons. The molecule has 1 aliphatic heterocycles. The van der Waals surface area contributed by atoms with E-state index in [1.807, 2.05) is 0 Å². The standard InChI is InChI=1S/C3H2N2S3/c1-2-6-4-8-5-7-3-1/h2-3H. The summed E-state index contributed by atoms with van der Waals surface area (Å²) in [5.41, 5.74) is 2.86. The molecule has 8 heavy (non-hydrogen) atoms. The van der Waals surface area contributed by atoms with Gasteiger partial charge in [0.05, 0.1) is 11.9 Å². The molecule has 0 bridgehead atoms. The summed E-state index contributed by atoms with van der Waals surface area (Å²) in [7, 11) is 0. The molecule has 0 unspecified atom stereocenters. The number of hydrogen-bond donors (Lipinski definition) is 0. The van der Waals surface area contributed by atoms with Crippen LogP contribution in [-0.2, 0) is 11.7 Å². The van der Waals surface area contributed by atoms with Crippen molar-refractivity contribution < 1.29 is 0 Å². The Morgan fingerprint density at radius 3 is 3.62 bits per heavy atom. The van der Waals surface area contributed by atoms with Crippen LogP contribution in [0.4, 0.5) is 0 Å². The van der Waals surface area contributed by atoms with Crippen LogP contribution < -0.4 is 0 Å². The monoisotopic (exact) mass is 162 g/mol. The molecular weight excluding hydrogens is 160 g/mol. The highest BCUT2D eigenvalue weighted by Gasteiger charge is 1.80. The normalized spacial score (nSPS) is 18.0. The van der Waals surface area contributed by atoms with E-state index in [-0.39, 0.29) is 0 Å². The average molecular weight is 162 g/mol. The Hall–Kier alpha value is 0.200. The summed E-state index contributed by atoms with van der Waals surface area (Å²) in [6.07, 6.45) is 0.